The summed E-state index contributed by atoms with van der Waals surface area (Å²) in [6, 6.07) is 11.1. The Kier molecular flexibility index (Phi) is 6.25. The van der Waals surface area contributed by atoms with Crippen LogP contribution in [-0.4, -0.2) is 16.8 Å². The molecule has 2 amide bonds. The summed E-state index contributed by atoms with van der Waals surface area (Å²) in [5, 5.41) is 5.64. The van der Waals surface area contributed by atoms with Crippen LogP contribution in [0.25, 0.3) is 6.08 Å². The second kappa shape index (κ2) is 8.62. The maximum atomic E-state index is 11.8. The van der Waals surface area contributed by atoms with E-state index >= 15 is 0 Å². The zero-order chi connectivity index (χ0) is 17.4. The number of hydrogen-bond donors (Lipinski definition) is 2. The van der Waals surface area contributed by atoms with Gasteiger partial charge < -0.3 is 10.6 Å². The van der Waals surface area contributed by atoms with E-state index < -0.39 is 0 Å². The maximum absolute atomic E-state index is 11.8. The van der Waals surface area contributed by atoms with Gasteiger partial charge in [0.15, 0.2) is 0 Å². The molecule has 124 valence electrons. The highest BCUT2D eigenvalue weighted by Gasteiger charge is 2.06. The summed E-state index contributed by atoms with van der Waals surface area (Å²) in [5.74, 6) is -0.247. The molecule has 1 heterocycles. The van der Waals surface area contributed by atoms with E-state index in [9.17, 15) is 9.59 Å². The summed E-state index contributed by atoms with van der Waals surface area (Å²) in [4.78, 5) is 27.4. The largest absolute Gasteiger partial charge is 0.348 e. The van der Waals surface area contributed by atoms with Gasteiger partial charge in [-0.3, -0.25) is 14.6 Å². The van der Waals surface area contributed by atoms with Crippen molar-refractivity contribution in [3.63, 3.8) is 0 Å². The number of aromatic nitrogens is 1. The van der Waals surface area contributed by atoms with Crippen LogP contribution in [0.15, 0.2) is 54.9 Å². The molecule has 24 heavy (non-hydrogen) atoms. The van der Waals surface area contributed by atoms with E-state index in [4.69, 9.17) is 0 Å². The van der Waals surface area contributed by atoms with Crippen LogP contribution >= 0.6 is 0 Å². The molecule has 0 aliphatic carbocycles. The van der Waals surface area contributed by atoms with Crippen LogP contribution in [0, 0.1) is 5.92 Å². The fraction of sp³-hybridized carbons (Fsp3) is 0.211. The number of amides is 2. The number of benzene rings is 1. The smallest absolute Gasteiger partial charge is 0.244 e. The van der Waals surface area contributed by atoms with Crippen LogP contribution in [0.4, 0.5) is 5.69 Å². The summed E-state index contributed by atoms with van der Waals surface area (Å²) in [5.41, 5.74) is 2.58. The number of nitrogens with one attached hydrogen (secondary N) is 2. The van der Waals surface area contributed by atoms with Crippen molar-refractivity contribution in [3.05, 3.63) is 66.0 Å². The SMILES string of the molecule is CC(C)C(=O)Nc1ccc(CNC(=O)/C=C/c2cccnc2)cc1. The van der Waals surface area contributed by atoms with E-state index in [2.05, 4.69) is 15.6 Å². The molecule has 2 rings (SSSR count). The Labute approximate surface area is 141 Å². The van der Waals surface area contributed by atoms with Crippen LogP contribution in [0.5, 0.6) is 0 Å². The van der Waals surface area contributed by atoms with Gasteiger partial charge in [-0.15, -0.1) is 0 Å². The van der Waals surface area contributed by atoms with Gasteiger partial charge in [0, 0.05) is 36.6 Å². The van der Waals surface area contributed by atoms with Crippen LogP contribution in [0.2, 0.25) is 0 Å². The highest BCUT2D eigenvalue weighted by Crippen LogP contribution is 2.11. The molecule has 5 nitrogen and oxygen atoms in total. The minimum atomic E-state index is -0.170. The molecule has 1 aromatic heterocycles. The fourth-order valence-electron chi connectivity index (χ4n) is 1.89. The molecule has 0 aliphatic heterocycles. The first-order valence-corrected chi connectivity index (χ1v) is 7.80. The van der Waals surface area contributed by atoms with Crippen LogP contribution in [0.1, 0.15) is 25.0 Å². The number of nitrogens with zero attached hydrogens (tertiary/aromatic N) is 1. The number of rotatable bonds is 6. The zero-order valence-corrected chi connectivity index (χ0v) is 13.8. The van der Waals surface area contributed by atoms with Gasteiger partial charge in [-0.05, 0) is 35.4 Å². The lowest BCUT2D eigenvalue weighted by Gasteiger charge is -2.08. The van der Waals surface area contributed by atoms with Crippen LogP contribution in [-0.2, 0) is 16.1 Å². The Hall–Kier alpha value is -2.95. The van der Waals surface area contributed by atoms with Crippen molar-refractivity contribution in [1.29, 1.82) is 0 Å². The minimum absolute atomic E-state index is 0.0170. The molecule has 1 aromatic carbocycles. The molecule has 0 radical (unpaired) electrons. The highest BCUT2D eigenvalue weighted by molar-refractivity contribution is 5.92. The summed E-state index contributed by atoms with van der Waals surface area (Å²) in [6.45, 7) is 4.12. The average molecular weight is 323 g/mol. The Morgan fingerprint density at radius 1 is 1.17 bits per heavy atom. The number of carbonyl (C=O) groups excluding carboxylic acids is 2. The molecular weight excluding hydrogens is 302 g/mol. The molecule has 0 aliphatic rings. The van der Waals surface area contributed by atoms with Crippen molar-refractivity contribution in [1.82, 2.24) is 10.3 Å². The minimum Gasteiger partial charge on any atom is -0.348 e. The van der Waals surface area contributed by atoms with Gasteiger partial charge in [0.1, 0.15) is 0 Å². The predicted octanol–water partition coefficient (Wildman–Crippen LogP) is 3.01. The molecule has 0 saturated carbocycles. The van der Waals surface area contributed by atoms with E-state index in [0.717, 1.165) is 16.8 Å². The quantitative estimate of drug-likeness (QED) is 0.803. The Morgan fingerprint density at radius 3 is 2.54 bits per heavy atom. The Balaban J connectivity index is 1.82. The first-order valence-electron chi connectivity index (χ1n) is 7.80. The molecule has 0 atom stereocenters. The first-order chi connectivity index (χ1) is 11.5. The van der Waals surface area contributed by atoms with Gasteiger partial charge in [0.05, 0.1) is 0 Å². The average Bonchev–Trinajstić information content (AvgIpc) is 2.60. The molecule has 0 unspecified atom stereocenters. The van der Waals surface area contributed by atoms with Gasteiger partial charge in [0.25, 0.3) is 0 Å². The second-order valence-corrected chi connectivity index (χ2v) is 5.68. The summed E-state index contributed by atoms with van der Waals surface area (Å²) in [6.07, 6.45) is 6.57. The van der Waals surface area contributed by atoms with Crippen molar-refractivity contribution in [2.75, 3.05) is 5.32 Å². The third kappa shape index (κ3) is 5.68. The van der Waals surface area contributed by atoms with Gasteiger partial charge in [-0.2, -0.15) is 0 Å². The summed E-state index contributed by atoms with van der Waals surface area (Å²) < 4.78 is 0. The highest BCUT2D eigenvalue weighted by atomic mass is 16.2. The molecule has 2 aromatic rings. The van der Waals surface area contributed by atoms with Gasteiger partial charge >= 0.3 is 0 Å². The van der Waals surface area contributed by atoms with Crippen molar-refractivity contribution in [3.8, 4) is 0 Å². The van der Waals surface area contributed by atoms with Crippen molar-refractivity contribution in [2.24, 2.45) is 5.92 Å². The molecule has 2 N–H and O–H groups in total. The van der Waals surface area contributed by atoms with E-state index in [1.165, 1.54) is 6.08 Å². The summed E-state index contributed by atoms with van der Waals surface area (Å²) >= 11 is 0. The number of hydrogen-bond acceptors (Lipinski definition) is 3. The van der Waals surface area contributed by atoms with Crippen LogP contribution < -0.4 is 10.6 Å². The van der Waals surface area contributed by atoms with Gasteiger partial charge in [0.2, 0.25) is 11.8 Å². The molecule has 0 saturated heterocycles. The van der Waals surface area contributed by atoms with Crippen LogP contribution in [0.3, 0.4) is 0 Å². The maximum Gasteiger partial charge on any atom is 0.244 e. The van der Waals surface area contributed by atoms with E-state index in [1.807, 2.05) is 50.2 Å². The van der Waals surface area contributed by atoms with Crippen molar-refractivity contribution < 1.29 is 9.59 Å². The third-order valence-electron chi connectivity index (χ3n) is 3.32. The van der Waals surface area contributed by atoms with Crippen molar-refractivity contribution >= 4 is 23.6 Å². The Morgan fingerprint density at radius 2 is 1.92 bits per heavy atom. The molecule has 5 heteroatoms. The van der Waals surface area contributed by atoms with E-state index in [-0.39, 0.29) is 17.7 Å². The number of pyridine rings is 1. The zero-order valence-electron chi connectivity index (χ0n) is 13.8. The van der Waals surface area contributed by atoms with E-state index in [0.29, 0.717) is 6.54 Å². The lowest BCUT2D eigenvalue weighted by atomic mass is 10.1. The topological polar surface area (TPSA) is 71.1 Å². The summed E-state index contributed by atoms with van der Waals surface area (Å²) in [7, 11) is 0. The lowest BCUT2D eigenvalue weighted by Crippen LogP contribution is -2.20. The number of anilines is 1. The first kappa shape index (κ1) is 17.4. The third-order valence-corrected chi connectivity index (χ3v) is 3.32. The Bertz CT molecular complexity index is 707. The molecule has 0 fully saturated rings. The number of carbonyl (C=O) groups is 2. The van der Waals surface area contributed by atoms with E-state index in [1.54, 1.807) is 18.5 Å². The normalized spacial score (nSPS) is 10.8. The molecule has 0 bridgehead atoms. The van der Waals surface area contributed by atoms with Gasteiger partial charge in [-0.1, -0.05) is 32.0 Å². The molecular formula is C19H21N3O2. The fourth-order valence-corrected chi connectivity index (χ4v) is 1.89. The lowest BCUT2D eigenvalue weighted by molar-refractivity contribution is -0.119. The van der Waals surface area contributed by atoms with Crippen molar-refractivity contribution in [2.45, 2.75) is 20.4 Å². The second-order valence-electron chi connectivity index (χ2n) is 5.68. The standard InChI is InChI=1S/C19H21N3O2/c1-14(2)19(24)22-17-8-5-16(6-9-17)13-21-18(23)10-7-15-4-3-11-20-12-15/h3-12,14H,13H2,1-2H3,(H,21,23)(H,22,24)/b10-7+. The molecule has 0 spiro atoms. The predicted molar refractivity (Wildman–Crippen MR) is 95.0 cm³/mol. The monoisotopic (exact) mass is 323 g/mol. The van der Waals surface area contributed by atoms with Gasteiger partial charge in [-0.25, -0.2) is 0 Å².